The van der Waals surface area contributed by atoms with Gasteiger partial charge in [0.25, 0.3) is 0 Å². The number of amides is 1. The molecule has 16 heavy (non-hydrogen) atoms. The van der Waals surface area contributed by atoms with Gasteiger partial charge in [0.1, 0.15) is 0 Å². The lowest BCUT2D eigenvalue weighted by Crippen LogP contribution is -2.33. The Bertz CT molecular complexity index is 249. The molecule has 0 aromatic heterocycles. The van der Waals surface area contributed by atoms with Crippen LogP contribution in [0.15, 0.2) is 12.2 Å². The molecule has 0 fully saturated rings. The van der Waals surface area contributed by atoms with Crippen LogP contribution in [0.25, 0.3) is 0 Å². The molecule has 0 rings (SSSR count). The molecule has 4 heteroatoms. The van der Waals surface area contributed by atoms with Gasteiger partial charge >= 0.3 is 5.97 Å². The molecule has 2 N–H and O–H groups in total. The predicted octanol–water partition coefficient (Wildman–Crippen LogP) is 2.10. The van der Waals surface area contributed by atoms with E-state index in [1.807, 2.05) is 0 Å². The van der Waals surface area contributed by atoms with Gasteiger partial charge in [-0.15, -0.1) is 0 Å². The Balaban J connectivity index is 3.58. The van der Waals surface area contributed by atoms with Crippen molar-refractivity contribution in [3.05, 3.63) is 12.2 Å². The molecule has 0 aromatic carbocycles. The molecule has 0 saturated heterocycles. The summed E-state index contributed by atoms with van der Waals surface area (Å²) in [4.78, 5) is 21.7. The third kappa shape index (κ3) is 9.24. The van der Waals surface area contributed by atoms with Crippen LogP contribution in [0.2, 0.25) is 0 Å². The molecule has 1 amide bonds. The normalized spacial score (nSPS) is 12.6. The largest absolute Gasteiger partial charge is 0.481 e. The highest BCUT2D eigenvalue weighted by molar-refractivity contribution is 5.77. The highest BCUT2D eigenvalue weighted by atomic mass is 16.4. The molecule has 0 radical (unpaired) electrons. The minimum Gasteiger partial charge on any atom is -0.481 e. The summed E-state index contributed by atoms with van der Waals surface area (Å²) in [6.45, 7) is 3.76. The van der Waals surface area contributed by atoms with Gasteiger partial charge < -0.3 is 10.4 Å². The summed E-state index contributed by atoms with van der Waals surface area (Å²) in [6, 6.07) is -0.295. The number of hydrogen-bond acceptors (Lipinski definition) is 2. The molecular formula is C12H21NO3. The molecule has 1 atom stereocenters. The van der Waals surface area contributed by atoms with Crippen molar-refractivity contribution in [3.63, 3.8) is 0 Å². The topological polar surface area (TPSA) is 66.4 Å². The van der Waals surface area contributed by atoms with Gasteiger partial charge in [-0.05, 0) is 26.2 Å². The lowest BCUT2D eigenvalue weighted by atomic mass is 10.2. The Kier molecular flexibility index (Phi) is 8.21. The van der Waals surface area contributed by atoms with Crippen LogP contribution >= 0.6 is 0 Å². The first-order chi connectivity index (χ1) is 7.56. The SMILES string of the molecule is CC/C=C/CCCC(=O)NC(C)CC(=O)O. The first-order valence-corrected chi connectivity index (χ1v) is 5.72. The Morgan fingerprint density at radius 2 is 2.06 bits per heavy atom. The van der Waals surface area contributed by atoms with Gasteiger partial charge in [0.2, 0.25) is 5.91 Å². The number of unbranched alkanes of at least 4 members (excludes halogenated alkanes) is 1. The highest BCUT2D eigenvalue weighted by Gasteiger charge is 2.09. The van der Waals surface area contributed by atoms with Crippen LogP contribution in [0.5, 0.6) is 0 Å². The number of carboxylic acid groups (broad SMARTS) is 1. The lowest BCUT2D eigenvalue weighted by molar-refractivity contribution is -0.137. The Hall–Kier alpha value is -1.32. The second kappa shape index (κ2) is 8.95. The van der Waals surface area contributed by atoms with Crippen LogP contribution in [-0.2, 0) is 9.59 Å². The van der Waals surface area contributed by atoms with E-state index in [9.17, 15) is 9.59 Å². The third-order valence-corrected chi connectivity index (χ3v) is 2.07. The molecule has 1 unspecified atom stereocenters. The molecule has 4 nitrogen and oxygen atoms in total. The Morgan fingerprint density at radius 1 is 1.38 bits per heavy atom. The van der Waals surface area contributed by atoms with E-state index in [4.69, 9.17) is 5.11 Å². The van der Waals surface area contributed by atoms with Crippen molar-refractivity contribution < 1.29 is 14.7 Å². The molecule has 0 heterocycles. The van der Waals surface area contributed by atoms with Crippen molar-refractivity contribution in [1.82, 2.24) is 5.32 Å². The van der Waals surface area contributed by atoms with Crippen molar-refractivity contribution in [2.75, 3.05) is 0 Å². The number of allylic oxidation sites excluding steroid dienone is 2. The molecule has 0 spiro atoms. The van der Waals surface area contributed by atoms with Crippen LogP contribution in [0.3, 0.4) is 0 Å². The maximum Gasteiger partial charge on any atom is 0.305 e. The fourth-order valence-electron chi connectivity index (χ4n) is 1.32. The third-order valence-electron chi connectivity index (χ3n) is 2.07. The summed E-state index contributed by atoms with van der Waals surface area (Å²) in [5.41, 5.74) is 0. The lowest BCUT2D eigenvalue weighted by Gasteiger charge is -2.10. The molecule has 0 bridgehead atoms. The van der Waals surface area contributed by atoms with Crippen LogP contribution in [-0.4, -0.2) is 23.0 Å². The van der Waals surface area contributed by atoms with Gasteiger partial charge in [0.15, 0.2) is 0 Å². The summed E-state index contributed by atoms with van der Waals surface area (Å²) in [6.07, 6.45) is 7.29. The smallest absolute Gasteiger partial charge is 0.305 e. The molecule has 92 valence electrons. The molecule has 0 aliphatic rings. The zero-order valence-corrected chi connectivity index (χ0v) is 10.0. The monoisotopic (exact) mass is 227 g/mol. The minimum atomic E-state index is -0.890. The molecule has 0 saturated carbocycles. The van der Waals surface area contributed by atoms with Crippen LogP contribution in [0, 0.1) is 0 Å². The number of aliphatic carboxylic acids is 1. The van der Waals surface area contributed by atoms with E-state index < -0.39 is 5.97 Å². The quantitative estimate of drug-likeness (QED) is 0.493. The van der Waals surface area contributed by atoms with E-state index in [1.165, 1.54) is 0 Å². The van der Waals surface area contributed by atoms with Gasteiger partial charge in [0, 0.05) is 12.5 Å². The standard InChI is InChI=1S/C12H21NO3/c1-3-4-5-6-7-8-11(14)13-10(2)9-12(15)16/h4-5,10H,3,6-9H2,1-2H3,(H,13,14)(H,15,16)/b5-4+. The van der Waals surface area contributed by atoms with Gasteiger partial charge in [-0.1, -0.05) is 19.1 Å². The zero-order chi connectivity index (χ0) is 12.4. The van der Waals surface area contributed by atoms with Crippen molar-refractivity contribution in [1.29, 1.82) is 0 Å². The summed E-state index contributed by atoms with van der Waals surface area (Å²) in [5.74, 6) is -0.961. The average Bonchev–Trinajstić information content (AvgIpc) is 2.15. The number of nitrogens with one attached hydrogen (secondary N) is 1. The van der Waals surface area contributed by atoms with E-state index in [-0.39, 0.29) is 18.4 Å². The van der Waals surface area contributed by atoms with Crippen LogP contribution in [0.4, 0.5) is 0 Å². The predicted molar refractivity (Wildman–Crippen MR) is 63.1 cm³/mol. The molecule has 0 aliphatic heterocycles. The zero-order valence-electron chi connectivity index (χ0n) is 10.0. The first-order valence-electron chi connectivity index (χ1n) is 5.72. The maximum absolute atomic E-state index is 11.3. The number of carboxylic acids is 1. The van der Waals surface area contributed by atoms with Gasteiger partial charge in [-0.25, -0.2) is 0 Å². The summed E-state index contributed by atoms with van der Waals surface area (Å²) in [5, 5.41) is 11.2. The van der Waals surface area contributed by atoms with E-state index in [0.29, 0.717) is 6.42 Å². The van der Waals surface area contributed by atoms with E-state index >= 15 is 0 Å². The highest BCUT2D eigenvalue weighted by Crippen LogP contribution is 1.99. The molecular weight excluding hydrogens is 206 g/mol. The fourth-order valence-corrected chi connectivity index (χ4v) is 1.32. The Labute approximate surface area is 96.7 Å². The second-order valence-electron chi connectivity index (χ2n) is 3.84. The second-order valence-corrected chi connectivity index (χ2v) is 3.84. The first kappa shape index (κ1) is 14.7. The van der Waals surface area contributed by atoms with Crippen molar-refractivity contribution >= 4 is 11.9 Å². The van der Waals surface area contributed by atoms with Crippen molar-refractivity contribution in [2.24, 2.45) is 0 Å². The molecule has 0 aromatic rings. The van der Waals surface area contributed by atoms with Gasteiger partial charge in [-0.2, -0.15) is 0 Å². The summed E-state index contributed by atoms with van der Waals surface area (Å²) in [7, 11) is 0. The number of rotatable bonds is 8. The van der Waals surface area contributed by atoms with E-state index in [2.05, 4.69) is 24.4 Å². The maximum atomic E-state index is 11.3. The number of carbonyl (C=O) groups is 2. The number of hydrogen-bond donors (Lipinski definition) is 2. The van der Waals surface area contributed by atoms with Crippen LogP contribution in [0.1, 0.15) is 46.0 Å². The van der Waals surface area contributed by atoms with Crippen molar-refractivity contribution in [3.8, 4) is 0 Å². The molecule has 0 aliphatic carbocycles. The van der Waals surface area contributed by atoms with Gasteiger partial charge in [-0.3, -0.25) is 9.59 Å². The fraction of sp³-hybridized carbons (Fsp3) is 0.667. The van der Waals surface area contributed by atoms with Gasteiger partial charge in [0.05, 0.1) is 6.42 Å². The summed E-state index contributed by atoms with van der Waals surface area (Å²) < 4.78 is 0. The Morgan fingerprint density at radius 3 is 2.62 bits per heavy atom. The van der Waals surface area contributed by atoms with E-state index in [1.54, 1.807) is 6.92 Å². The summed E-state index contributed by atoms with van der Waals surface area (Å²) >= 11 is 0. The average molecular weight is 227 g/mol. The van der Waals surface area contributed by atoms with E-state index in [0.717, 1.165) is 19.3 Å². The van der Waals surface area contributed by atoms with Crippen LogP contribution < -0.4 is 5.32 Å². The van der Waals surface area contributed by atoms with Crippen molar-refractivity contribution in [2.45, 2.75) is 52.0 Å². The minimum absolute atomic E-state index is 0.0263. The number of carbonyl (C=O) groups excluding carboxylic acids is 1.